The van der Waals surface area contributed by atoms with Crippen molar-refractivity contribution in [1.29, 1.82) is 0 Å². The largest absolute Gasteiger partial charge is 0.303 e. The molecule has 1 aromatic rings. The molecule has 0 N–H and O–H groups in total. The molecule has 13 heavy (non-hydrogen) atoms. The second-order valence-electron chi connectivity index (χ2n) is 2.48. The van der Waals surface area contributed by atoms with Crippen molar-refractivity contribution in [2.24, 2.45) is 0 Å². The van der Waals surface area contributed by atoms with Crippen molar-refractivity contribution in [3.05, 3.63) is 39.3 Å². The van der Waals surface area contributed by atoms with E-state index in [1.54, 1.807) is 6.08 Å². The highest BCUT2D eigenvalue weighted by Gasteiger charge is 1.95. The maximum absolute atomic E-state index is 10.0. The number of carbonyl (C=O) groups excluding carboxylic acids is 1. The van der Waals surface area contributed by atoms with Gasteiger partial charge in [0.25, 0.3) is 0 Å². The molecule has 1 aromatic carbocycles. The fourth-order valence-corrected chi connectivity index (χ4v) is 1.31. The molecule has 3 heteroatoms. The van der Waals surface area contributed by atoms with E-state index >= 15 is 0 Å². The Kier molecular flexibility index (Phi) is 4.19. The monoisotopic (exact) mass is 258 g/mol. The first-order chi connectivity index (χ1) is 6.24. The van der Waals surface area contributed by atoms with E-state index in [9.17, 15) is 4.79 Å². The van der Waals surface area contributed by atoms with E-state index in [-0.39, 0.29) is 0 Å². The third-order valence-electron chi connectivity index (χ3n) is 1.49. The molecule has 0 fully saturated rings. The zero-order chi connectivity index (χ0) is 9.68. The van der Waals surface area contributed by atoms with Gasteiger partial charge in [0.1, 0.15) is 6.29 Å². The predicted molar refractivity (Wildman–Crippen MR) is 58.9 cm³/mol. The Morgan fingerprint density at radius 2 is 2.23 bits per heavy atom. The zero-order valence-corrected chi connectivity index (χ0v) is 9.18. The van der Waals surface area contributed by atoms with Crippen molar-refractivity contribution in [3.63, 3.8) is 0 Å². The maximum atomic E-state index is 10.0. The summed E-state index contributed by atoms with van der Waals surface area (Å²) < 4.78 is 0.877. The molecule has 1 rings (SSSR count). The molecule has 0 spiro atoms. The molecule has 0 radical (unpaired) electrons. The number of halogens is 2. The molecule has 0 aliphatic rings. The van der Waals surface area contributed by atoms with E-state index in [2.05, 4.69) is 15.9 Å². The van der Waals surface area contributed by atoms with Crippen LogP contribution in [0.2, 0.25) is 5.02 Å². The Labute approximate surface area is 90.5 Å². The van der Waals surface area contributed by atoms with Gasteiger partial charge < -0.3 is 4.79 Å². The Hall–Kier alpha value is -0.600. The van der Waals surface area contributed by atoms with Crippen LogP contribution < -0.4 is 0 Å². The summed E-state index contributed by atoms with van der Waals surface area (Å²) in [6.07, 6.45) is 4.96. The number of hydrogen-bond acceptors (Lipinski definition) is 1. The summed E-state index contributed by atoms with van der Waals surface area (Å²) in [5.41, 5.74) is 0.995. The minimum Gasteiger partial charge on any atom is -0.303 e. The van der Waals surface area contributed by atoms with E-state index in [0.717, 1.165) is 16.3 Å². The van der Waals surface area contributed by atoms with Crippen LogP contribution >= 0.6 is 27.5 Å². The highest BCUT2D eigenvalue weighted by Crippen LogP contribution is 2.23. The third-order valence-corrected chi connectivity index (χ3v) is 2.72. The van der Waals surface area contributed by atoms with Gasteiger partial charge in [-0.15, -0.1) is 0 Å². The van der Waals surface area contributed by atoms with Crippen molar-refractivity contribution in [2.45, 2.75) is 6.42 Å². The molecule has 0 saturated carbocycles. The lowest BCUT2D eigenvalue weighted by molar-refractivity contribution is -0.107. The minimum atomic E-state index is 0.438. The first-order valence-electron chi connectivity index (χ1n) is 3.79. The summed E-state index contributed by atoms with van der Waals surface area (Å²) in [7, 11) is 0. The van der Waals surface area contributed by atoms with Crippen LogP contribution in [0.15, 0.2) is 28.7 Å². The van der Waals surface area contributed by atoms with Crippen LogP contribution in [0.5, 0.6) is 0 Å². The minimum absolute atomic E-state index is 0.438. The van der Waals surface area contributed by atoms with E-state index in [1.165, 1.54) is 0 Å². The summed E-state index contributed by atoms with van der Waals surface area (Å²) in [6.45, 7) is 0. The van der Waals surface area contributed by atoms with Crippen LogP contribution in [0.3, 0.4) is 0 Å². The maximum Gasteiger partial charge on any atom is 0.123 e. The number of allylic oxidation sites excluding steroid dienone is 1. The van der Waals surface area contributed by atoms with Crippen molar-refractivity contribution in [3.8, 4) is 0 Å². The van der Waals surface area contributed by atoms with Crippen LogP contribution in [0, 0.1) is 0 Å². The topological polar surface area (TPSA) is 17.1 Å². The van der Waals surface area contributed by atoms with Crippen molar-refractivity contribution >= 4 is 39.9 Å². The van der Waals surface area contributed by atoms with E-state index in [4.69, 9.17) is 11.6 Å². The Morgan fingerprint density at radius 3 is 2.85 bits per heavy atom. The molecule has 0 aliphatic carbocycles. The second kappa shape index (κ2) is 5.20. The van der Waals surface area contributed by atoms with Crippen LogP contribution in [-0.4, -0.2) is 6.29 Å². The molecule has 0 heterocycles. The Morgan fingerprint density at radius 1 is 1.46 bits per heavy atom. The molecular weight excluding hydrogens is 251 g/mol. The molecule has 68 valence electrons. The number of aldehydes is 1. The molecule has 0 aliphatic heterocycles. The predicted octanol–water partition coefficient (Wildman–Crippen LogP) is 3.70. The lowest BCUT2D eigenvalue weighted by Gasteiger charge is -1.96. The highest BCUT2D eigenvalue weighted by molar-refractivity contribution is 9.10. The SMILES string of the molecule is O=CCC=Cc1ccc(Br)c(Cl)c1. The molecule has 0 amide bonds. The van der Waals surface area contributed by atoms with Crippen LogP contribution in [0.1, 0.15) is 12.0 Å². The lowest BCUT2D eigenvalue weighted by atomic mass is 10.2. The van der Waals surface area contributed by atoms with Crippen LogP contribution in [-0.2, 0) is 4.79 Å². The number of carbonyl (C=O) groups is 1. The average molecular weight is 260 g/mol. The summed E-state index contributed by atoms with van der Waals surface area (Å²) in [5.74, 6) is 0. The molecule has 0 unspecified atom stereocenters. The molecule has 0 atom stereocenters. The quantitative estimate of drug-likeness (QED) is 0.756. The number of benzene rings is 1. The molecular formula is C10H8BrClO. The molecule has 0 saturated heterocycles. The van der Waals surface area contributed by atoms with Crippen molar-refractivity contribution in [2.75, 3.05) is 0 Å². The van der Waals surface area contributed by atoms with Crippen molar-refractivity contribution in [1.82, 2.24) is 0 Å². The van der Waals surface area contributed by atoms with Gasteiger partial charge in [0, 0.05) is 10.9 Å². The molecule has 0 aromatic heterocycles. The van der Waals surface area contributed by atoms with Gasteiger partial charge in [0.2, 0.25) is 0 Å². The fourth-order valence-electron chi connectivity index (χ4n) is 0.876. The first kappa shape index (κ1) is 10.5. The number of rotatable bonds is 3. The van der Waals surface area contributed by atoms with Gasteiger partial charge in [-0.05, 0) is 33.6 Å². The van der Waals surface area contributed by atoms with Gasteiger partial charge in [0.15, 0.2) is 0 Å². The van der Waals surface area contributed by atoms with Gasteiger partial charge in [-0.1, -0.05) is 29.8 Å². The van der Waals surface area contributed by atoms with Gasteiger partial charge in [0.05, 0.1) is 5.02 Å². The van der Waals surface area contributed by atoms with Gasteiger partial charge >= 0.3 is 0 Å². The summed E-state index contributed by atoms with van der Waals surface area (Å²) in [5, 5.41) is 0.674. The second-order valence-corrected chi connectivity index (χ2v) is 3.74. The smallest absolute Gasteiger partial charge is 0.123 e. The average Bonchev–Trinajstić information content (AvgIpc) is 2.12. The zero-order valence-electron chi connectivity index (χ0n) is 6.84. The van der Waals surface area contributed by atoms with E-state index in [0.29, 0.717) is 11.4 Å². The normalized spacial score (nSPS) is 10.6. The Bertz CT molecular complexity index is 334. The highest BCUT2D eigenvalue weighted by atomic mass is 79.9. The summed E-state index contributed by atoms with van der Waals surface area (Å²) in [6, 6.07) is 5.65. The van der Waals surface area contributed by atoms with E-state index in [1.807, 2.05) is 24.3 Å². The summed E-state index contributed by atoms with van der Waals surface area (Å²) >= 11 is 9.18. The lowest BCUT2D eigenvalue weighted by Crippen LogP contribution is -1.74. The van der Waals surface area contributed by atoms with Gasteiger partial charge in [-0.3, -0.25) is 0 Å². The van der Waals surface area contributed by atoms with Gasteiger partial charge in [-0.2, -0.15) is 0 Å². The van der Waals surface area contributed by atoms with Crippen molar-refractivity contribution < 1.29 is 4.79 Å². The Balaban J connectivity index is 2.79. The van der Waals surface area contributed by atoms with E-state index < -0.39 is 0 Å². The number of hydrogen-bond donors (Lipinski definition) is 0. The van der Waals surface area contributed by atoms with Crippen LogP contribution in [0.25, 0.3) is 6.08 Å². The summed E-state index contributed by atoms with van der Waals surface area (Å²) in [4.78, 5) is 10.0. The molecule has 0 bridgehead atoms. The fraction of sp³-hybridized carbons (Fsp3) is 0.100. The standard InChI is InChI=1S/C10H8BrClO/c11-9-5-4-8(7-10(9)12)3-1-2-6-13/h1,3-7H,2H2. The molecule has 1 nitrogen and oxygen atoms in total. The van der Waals surface area contributed by atoms with Gasteiger partial charge in [-0.25, -0.2) is 0 Å². The first-order valence-corrected chi connectivity index (χ1v) is 4.96. The van der Waals surface area contributed by atoms with Crippen LogP contribution in [0.4, 0.5) is 0 Å². The third kappa shape index (κ3) is 3.33.